The van der Waals surface area contributed by atoms with Gasteiger partial charge in [0.2, 0.25) is 0 Å². The fraction of sp³-hybridized carbons (Fsp3) is 0.643. The number of fused-ring (bicyclic) bond motifs is 3. The minimum atomic E-state index is 0.0809. The quantitative estimate of drug-likeness (QED) is 0.709. The van der Waals surface area contributed by atoms with Crippen LogP contribution in [0.25, 0.3) is 0 Å². The standard InChI is InChI=1S/C14H18N2S2/c17-12-11-9-5-1-2-6-10(9)18-13(11)16-14(15-12)7-3-4-8-14/h16H,1-8H2,(H,15,17). The maximum Gasteiger partial charge on any atom is 0.111 e. The highest BCUT2D eigenvalue weighted by molar-refractivity contribution is 7.80. The van der Waals surface area contributed by atoms with Crippen LogP contribution in [0.5, 0.6) is 0 Å². The van der Waals surface area contributed by atoms with Gasteiger partial charge in [0.05, 0.1) is 0 Å². The summed E-state index contributed by atoms with van der Waals surface area (Å²) in [4.78, 5) is 2.59. The average molecular weight is 278 g/mol. The molecular weight excluding hydrogens is 260 g/mol. The Morgan fingerprint density at radius 2 is 1.78 bits per heavy atom. The summed E-state index contributed by atoms with van der Waals surface area (Å²) in [5.41, 5.74) is 2.96. The van der Waals surface area contributed by atoms with Crippen LogP contribution in [0.3, 0.4) is 0 Å². The van der Waals surface area contributed by atoms with E-state index in [-0.39, 0.29) is 5.66 Å². The van der Waals surface area contributed by atoms with Crippen LogP contribution in [0.15, 0.2) is 0 Å². The molecule has 0 unspecified atom stereocenters. The molecule has 1 fully saturated rings. The molecule has 3 aliphatic rings. The van der Waals surface area contributed by atoms with Crippen LogP contribution < -0.4 is 10.6 Å². The van der Waals surface area contributed by atoms with Gasteiger partial charge in [-0.3, -0.25) is 0 Å². The van der Waals surface area contributed by atoms with Crippen molar-refractivity contribution in [3.8, 4) is 0 Å². The first-order valence-electron chi connectivity index (χ1n) is 7.03. The summed E-state index contributed by atoms with van der Waals surface area (Å²) < 4.78 is 0. The van der Waals surface area contributed by atoms with E-state index >= 15 is 0 Å². The van der Waals surface area contributed by atoms with Crippen LogP contribution in [-0.2, 0) is 12.8 Å². The molecule has 1 aliphatic heterocycles. The third-order valence-electron chi connectivity index (χ3n) is 4.56. The molecule has 2 N–H and O–H groups in total. The second-order valence-electron chi connectivity index (χ2n) is 5.78. The summed E-state index contributed by atoms with van der Waals surface area (Å²) in [6, 6.07) is 0. The molecule has 4 rings (SSSR count). The molecular formula is C14H18N2S2. The number of rotatable bonds is 0. The number of hydrogen-bond donors (Lipinski definition) is 2. The molecule has 0 radical (unpaired) electrons. The molecule has 1 saturated carbocycles. The molecule has 2 heterocycles. The third-order valence-corrected chi connectivity index (χ3v) is 6.07. The number of nitrogens with one attached hydrogen (secondary N) is 2. The van der Waals surface area contributed by atoms with Crippen molar-refractivity contribution in [2.24, 2.45) is 0 Å². The van der Waals surface area contributed by atoms with E-state index in [0.717, 1.165) is 4.99 Å². The van der Waals surface area contributed by atoms with Crippen molar-refractivity contribution in [3.05, 3.63) is 16.0 Å². The fourth-order valence-corrected chi connectivity index (χ4v) is 5.53. The molecule has 0 saturated heterocycles. The Hall–Kier alpha value is -0.610. The highest BCUT2D eigenvalue weighted by Crippen LogP contribution is 2.44. The van der Waals surface area contributed by atoms with E-state index < -0.39 is 0 Å². The largest absolute Gasteiger partial charge is 0.354 e. The third kappa shape index (κ3) is 1.55. The van der Waals surface area contributed by atoms with Crippen molar-refractivity contribution < 1.29 is 0 Å². The molecule has 2 nitrogen and oxygen atoms in total. The van der Waals surface area contributed by atoms with Crippen molar-refractivity contribution in [1.82, 2.24) is 5.32 Å². The van der Waals surface area contributed by atoms with E-state index in [4.69, 9.17) is 12.2 Å². The predicted molar refractivity (Wildman–Crippen MR) is 80.6 cm³/mol. The lowest BCUT2D eigenvalue weighted by atomic mass is 9.94. The number of anilines is 1. The zero-order valence-electron chi connectivity index (χ0n) is 10.5. The molecule has 96 valence electrons. The molecule has 1 spiro atoms. The Balaban J connectivity index is 1.79. The van der Waals surface area contributed by atoms with Crippen molar-refractivity contribution in [3.63, 3.8) is 0 Å². The number of hydrogen-bond acceptors (Lipinski definition) is 3. The first-order chi connectivity index (χ1) is 8.77. The van der Waals surface area contributed by atoms with Crippen LogP contribution in [-0.4, -0.2) is 10.7 Å². The van der Waals surface area contributed by atoms with Gasteiger partial charge < -0.3 is 10.6 Å². The minimum absolute atomic E-state index is 0.0809. The zero-order valence-corrected chi connectivity index (χ0v) is 12.1. The van der Waals surface area contributed by atoms with Crippen LogP contribution >= 0.6 is 23.6 Å². The summed E-state index contributed by atoms with van der Waals surface area (Å²) in [6.07, 6.45) is 10.2. The average Bonchev–Trinajstić information content (AvgIpc) is 2.93. The van der Waals surface area contributed by atoms with E-state index in [1.54, 1.807) is 10.4 Å². The van der Waals surface area contributed by atoms with Gasteiger partial charge in [-0.15, -0.1) is 11.3 Å². The van der Waals surface area contributed by atoms with E-state index in [9.17, 15) is 0 Å². The monoisotopic (exact) mass is 278 g/mol. The van der Waals surface area contributed by atoms with Gasteiger partial charge in [-0.1, -0.05) is 12.2 Å². The van der Waals surface area contributed by atoms with Crippen molar-refractivity contribution >= 4 is 33.5 Å². The van der Waals surface area contributed by atoms with E-state index in [1.165, 1.54) is 61.9 Å². The molecule has 1 aromatic heterocycles. The Bertz CT molecular complexity index is 512. The molecule has 0 aromatic carbocycles. The lowest BCUT2D eigenvalue weighted by Crippen LogP contribution is -2.55. The number of thiophene rings is 1. The van der Waals surface area contributed by atoms with E-state index in [2.05, 4.69) is 10.6 Å². The van der Waals surface area contributed by atoms with Gasteiger partial charge in [0, 0.05) is 10.4 Å². The van der Waals surface area contributed by atoms with E-state index in [1.807, 2.05) is 11.3 Å². The van der Waals surface area contributed by atoms with Crippen LogP contribution in [0.4, 0.5) is 5.00 Å². The second kappa shape index (κ2) is 3.94. The predicted octanol–water partition coefficient (Wildman–Crippen LogP) is 3.59. The van der Waals surface area contributed by atoms with Gasteiger partial charge in [0.15, 0.2) is 0 Å². The van der Waals surface area contributed by atoms with Gasteiger partial charge in [0.1, 0.15) is 15.7 Å². The molecule has 2 aliphatic carbocycles. The van der Waals surface area contributed by atoms with Gasteiger partial charge in [0.25, 0.3) is 0 Å². The smallest absolute Gasteiger partial charge is 0.111 e. The Morgan fingerprint density at radius 1 is 1.00 bits per heavy atom. The molecule has 0 bridgehead atoms. The molecule has 0 amide bonds. The van der Waals surface area contributed by atoms with Gasteiger partial charge >= 0.3 is 0 Å². The molecule has 18 heavy (non-hydrogen) atoms. The van der Waals surface area contributed by atoms with E-state index in [0.29, 0.717) is 0 Å². The first-order valence-corrected chi connectivity index (χ1v) is 8.25. The van der Waals surface area contributed by atoms with Crippen molar-refractivity contribution in [1.29, 1.82) is 0 Å². The van der Waals surface area contributed by atoms with Gasteiger partial charge in [-0.05, 0) is 56.9 Å². The Morgan fingerprint density at radius 3 is 2.61 bits per heavy atom. The first kappa shape index (κ1) is 11.2. The topological polar surface area (TPSA) is 24.1 Å². The summed E-state index contributed by atoms with van der Waals surface area (Å²) in [5.74, 6) is 0. The molecule has 4 heteroatoms. The van der Waals surface area contributed by atoms with Crippen LogP contribution in [0.1, 0.15) is 54.5 Å². The fourth-order valence-electron chi connectivity index (χ4n) is 3.65. The summed E-state index contributed by atoms with van der Waals surface area (Å²) in [7, 11) is 0. The molecule has 1 aromatic rings. The highest BCUT2D eigenvalue weighted by Gasteiger charge is 2.40. The summed E-state index contributed by atoms with van der Waals surface area (Å²) in [5, 5.41) is 8.75. The van der Waals surface area contributed by atoms with Crippen LogP contribution in [0.2, 0.25) is 0 Å². The van der Waals surface area contributed by atoms with Crippen LogP contribution in [0, 0.1) is 0 Å². The minimum Gasteiger partial charge on any atom is -0.354 e. The lowest BCUT2D eigenvalue weighted by Gasteiger charge is -2.37. The zero-order chi connectivity index (χ0) is 12.2. The Kier molecular flexibility index (Phi) is 2.46. The van der Waals surface area contributed by atoms with Crippen molar-refractivity contribution in [2.45, 2.75) is 57.0 Å². The van der Waals surface area contributed by atoms with Gasteiger partial charge in [-0.25, -0.2) is 0 Å². The maximum atomic E-state index is 5.66. The highest BCUT2D eigenvalue weighted by atomic mass is 32.1. The second-order valence-corrected chi connectivity index (χ2v) is 7.30. The van der Waals surface area contributed by atoms with Crippen molar-refractivity contribution in [2.75, 3.05) is 5.32 Å². The summed E-state index contributed by atoms with van der Waals surface area (Å²) >= 11 is 7.63. The lowest BCUT2D eigenvalue weighted by molar-refractivity contribution is 0.446. The summed E-state index contributed by atoms with van der Waals surface area (Å²) in [6.45, 7) is 0. The number of thiocarbonyl (C=S) groups is 1. The van der Waals surface area contributed by atoms with Gasteiger partial charge in [-0.2, -0.15) is 0 Å². The maximum absolute atomic E-state index is 5.66. The molecule has 0 atom stereocenters. The number of aryl methyl sites for hydroxylation is 1. The SMILES string of the molecule is S=C1NC2(CCCC2)Nc2sc3c(c21)CCCC3. The Labute approximate surface area is 117 Å². The normalized spacial score (nSPS) is 24.3.